The summed E-state index contributed by atoms with van der Waals surface area (Å²) in [6, 6.07) is 4.97. The van der Waals surface area contributed by atoms with E-state index < -0.39 is 10.0 Å². The second-order valence-electron chi connectivity index (χ2n) is 4.96. The van der Waals surface area contributed by atoms with E-state index in [2.05, 4.69) is 18.7 Å². The van der Waals surface area contributed by atoms with Crippen molar-refractivity contribution in [3.63, 3.8) is 0 Å². The van der Waals surface area contributed by atoms with Gasteiger partial charge in [0.05, 0.1) is 11.4 Å². The Kier molecular flexibility index (Phi) is 5.83. The van der Waals surface area contributed by atoms with Gasteiger partial charge in [-0.05, 0) is 25.0 Å². The van der Waals surface area contributed by atoms with Crippen LogP contribution in [0.5, 0.6) is 0 Å². The van der Waals surface area contributed by atoms with Crippen molar-refractivity contribution in [1.82, 2.24) is 0 Å². The fraction of sp³-hybridized carbons (Fsp3) is 0.571. The van der Waals surface area contributed by atoms with Gasteiger partial charge in [-0.1, -0.05) is 32.8 Å². The SMILES string of the molecule is CCC(CC)CN(CC)c1cccc(S(N)(=O)=O)c1N. The minimum Gasteiger partial charge on any atom is -0.396 e. The predicted molar refractivity (Wildman–Crippen MR) is 84.2 cm³/mol. The van der Waals surface area contributed by atoms with E-state index in [4.69, 9.17) is 10.9 Å². The molecule has 0 aliphatic carbocycles. The molecule has 0 saturated heterocycles. The molecular weight excluding hydrogens is 274 g/mol. The highest BCUT2D eigenvalue weighted by Crippen LogP contribution is 2.30. The second-order valence-corrected chi connectivity index (χ2v) is 6.48. The summed E-state index contributed by atoms with van der Waals surface area (Å²) in [4.78, 5) is 2.11. The van der Waals surface area contributed by atoms with Gasteiger partial charge < -0.3 is 10.6 Å². The largest absolute Gasteiger partial charge is 0.396 e. The molecule has 0 spiro atoms. The molecule has 1 rings (SSSR count). The fourth-order valence-electron chi connectivity index (χ4n) is 2.31. The van der Waals surface area contributed by atoms with Crippen molar-refractivity contribution in [1.29, 1.82) is 0 Å². The average molecular weight is 299 g/mol. The van der Waals surface area contributed by atoms with Crippen LogP contribution in [-0.4, -0.2) is 21.5 Å². The highest BCUT2D eigenvalue weighted by molar-refractivity contribution is 7.89. The molecule has 0 radical (unpaired) electrons. The first-order valence-corrected chi connectivity index (χ1v) is 8.55. The van der Waals surface area contributed by atoms with Crippen LogP contribution >= 0.6 is 0 Å². The Morgan fingerprint density at radius 3 is 2.25 bits per heavy atom. The Bertz CT molecular complexity index is 539. The molecule has 5 nitrogen and oxygen atoms in total. The summed E-state index contributed by atoms with van der Waals surface area (Å²) in [5.41, 5.74) is 6.98. The summed E-state index contributed by atoms with van der Waals surface area (Å²) in [7, 11) is -3.79. The van der Waals surface area contributed by atoms with Crippen LogP contribution in [0.15, 0.2) is 23.1 Å². The van der Waals surface area contributed by atoms with E-state index in [9.17, 15) is 8.42 Å². The van der Waals surface area contributed by atoms with Gasteiger partial charge in [-0.25, -0.2) is 13.6 Å². The van der Waals surface area contributed by atoms with E-state index >= 15 is 0 Å². The Balaban J connectivity index is 3.17. The molecule has 0 amide bonds. The maximum atomic E-state index is 11.5. The molecule has 6 heteroatoms. The van der Waals surface area contributed by atoms with Crippen molar-refractivity contribution in [3.8, 4) is 0 Å². The van der Waals surface area contributed by atoms with Crippen molar-refractivity contribution in [3.05, 3.63) is 18.2 Å². The van der Waals surface area contributed by atoms with Crippen LogP contribution in [0.1, 0.15) is 33.6 Å². The first-order chi connectivity index (χ1) is 9.35. The number of para-hydroxylation sites is 1. The summed E-state index contributed by atoms with van der Waals surface area (Å²) >= 11 is 0. The number of rotatable bonds is 7. The summed E-state index contributed by atoms with van der Waals surface area (Å²) in [5.74, 6) is 0.562. The van der Waals surface area contributed by atoms with Crippen LogP contribution in [0.2, 0.25) is 0 Å². The second kappa shape index (κ2) is 6.95. The monoisotopic (exact) mass is 299 g/mol. The normalized spacial score (nSPS) is 11.8. The van der Waals surface area contributed by atoms with Gasteiger partial charge in [0.15, 0.2) is 0 Å². The highest BCUT2D eigenvalue weighted by Gasteiger charge is 2.19. The standard InChI is InChI=1S/C14H25N3O2S/c1-4-11(5-2)10-17(6-3)12-8-7-9-13(14(12)15)20(16,18)19/h7-9,11H,4-6,10,15H2,1-3H3,(H2,16,18,19). The fourth-order valence-corrected chi connectivity index (χ4v) is 2.99. The third kappa shape index (κ3) is 3.86. The third-order valence-corrected chi connectivity index (χ3v) is 4.67. The molecule has 20 heavy (non-hydrogen) atoms. The smallest absolute Gasteiger partial charge is 0.240 e. The first-order valence-electron chi connectivity index (χ1n) is 7.01. The van der Waals surface area contributed by atoms with Crippen molar-refractivity contribution >= 4 is 21.4 Å². The number of nitrogens with two attached hydrogens (primary N) is 2. The molecule has 0 fully saturated rings. The van der Waals surface area contributed by atoms with Crippen molar-refractivity contribution in [2.75, 3.05) is 23.7 Å². The van der Waals surface area contributed by atoms with Gasteiger partial charge in [-0.3, -0.25) is 0 Å². The number of hydrogen-bond donors (Lipinski definition) is 2. The summed E-state index contributed by atoms with van der Waals surface area (Å²) < 4.78 is 23.1. The highest BCUT2D eigenvalue weighted by atomic mass is 32.2. The third-order valence-electron chi connectivity index (χ3n) is 3.71. The van der Waals surface area contributed by atoms with Gasteiger partial charge in [-0.15, -0.1) is 0 Å². The molecule has 0 aliphatic rings. The maximum absolute atomic E-state index is 11.5. The lowest BCUT2D eigenvalue weighted by atomic mass is 10.0. The van der Waals surface area contributed by atoms with Gasteiger partial charge in [0.25, 0.3) is 0 Å². The molecule has 0 aromatic heterocycles. The molecule has 0 heterocycles. The molecule has 0 saturated carbocycles. The zero-order chi connectivity index (χ0) is 15.3. The Morgan fingerprint density at radius 2 is 1.80 bits per heavy atom. The number of nitrogens with zero attached hydrogens (tertiary/aromatic N) is 1. The number of nitrogen functional groups attached to an aromatic ring is 1. The van der Waals surface area contributed by atoms with Crippen LogP contribution < -0.4 is 15.8 Å². The zero-order valence-electron chi connectivity index (χ0n) is 12.5. The summed E-state index contributed by atoms with van der Waals surface area (Å²) in [6.45, 7) is 7.99. The van der Waals surface area contributed by atoms with Gasteiger partial charge in [0.2, 0.25) is 10.0 Å². The Morgan fingerprint density at radius 1 is 1.20 bits per heavy atom. The van der Waals surface area contributed by atoms with E-state index in [0.717, 1.165) is 31.6 Å². The number of sulfonamides is 1. The average Bonchev–Trinajstić information content (AvgIpc) is 2.40. The summed E-state index contributed by atoms with van der Waals surface area (Å²) in [5, 5.41) is 5.20. The number of hydrogen-bond acceptors (Lipinski definition) is 4. The molecule has 0 unspecified atom stereocenters. The summed E-state index contributed by atoms with van der Waals surface area (Å²) in [6.07, 6.45) is 2.17. The van der Waals surface area contributed by atoms with Crippen LogP contribution in [-0.2, 0) is 10.0 Å². The first kappa shape index (κ1) is 16.8. The van der Waals surface area contributed by atoms with Crippen molar-refractivity contribution in [2.24, 2.45) is 11.1 Å². The quantitative estimate of drug-likeness (QED) is 0.755. The molecule has 4 N–H and O–H groups in total. The van der Waals surface area contributed by atoms with Gasteiger partial charge in [0, 0.05) is 13.1 Å². The lowest BCUT2D eigenvalue weighted by Gasteiger charge is -2.29. The maximum Gasteiger partial charge on any atom is 0.240 e. The van der Waals surface area contributed by atoms with E-state index in [1.807, 2.05) is 13.0 Å². The molecule has 1 aromatic rings. The van der Waals surface area contributed by atoms with Crippen LogP contribution in [0.4, 0.5) is 11.4 Å². The predicted octanol–water partition coefficient (Wildman–Crippen LogP) is 2.18. The number of primary sulfonamides is 1. The molecule has 0 bridgehead atoms. The van der Waals surface area contributed by atoms with Gasteiger partial charge >= 0.3 is 0 Å². The van der Waals surface area contributed by atoms with Gasteiger partial charge in [-0.2, -0.15) is 0 Å². The molecule has 1 aromatic carbocycles. The minimum absolute atomic E-state index is 0.00185. The van der Waals surface area contributed by atoms with Crippen LogP contribution in [0, 0.1) is 5.92 Å². The molecule has 0 aliphatic heterocycles. The molecule has 114 valence electrons. The van der Waals surface area contributed by atoms with Crippen LogP contribution in [0.25, 0.3) is 0 Å². The lowest BCUT2D eigenvalue weighted by Crippen LogP contribution is -2.30. The van der Waals surface area contributed by atoms with Gasteiger partial charge in [0.1, 0.15) is 4.90 Å². The van der Waals surface area contributed by atoms with Crippen molar-refractivity contribution in [2.45, 2.75) is 38.5 Å². The van der Waals surface area contributed by atoms with Crippen LogP contribution in [0.3, 0.4) is 0 Å². The topological polar surface area (TPSA) is 89.4 Å². The Hall–Kier alpha value is -1.27. The number of anilines is 2. The van der Waals surface area contributed by atoms with Crippen molar-refractivity contribution < 1.29 is 8.42 Å². The van der Waals surface area contributed by atoms with E-state index in [0.29, 0.717) is 5.92 Å². The van der Waals surface area contributed by atoms with E-state index in [1.165, 1.54) is 6.07 Å². The zero-order valence-corrected chi connectivity index (χ0v) is 13.3. The van der Waals surface area contributed by atoms with E-state index in [1.54, 1.807) is 6.07 Å². The molecular formula is C14H25N3O2S. The number of benzene rings is 1. The van der Waals surface area contributed by atoms with E-state index in [-0.39, 0.29) is 10.6 Å². The lowest BCUT2D eigenvalue weighted by molar-refractivity contribution is 0.486. The Labute approximate surface area is 122 Å². The molecule has 0 atom stereocenters. The minimum atomic E-state index is -3.79.